The lowest BCUT2D eigenvalue weighted by Gasteiger charge is -2.12. The van der Waals surface area contributed by atoms with Gasteiger partial charge in [-0.3, -0.25) is 0 Å². The van der Waals surface area contributed by atoms with Gasteiger partial charge < -0.3 is 14.2 Å². The van der Waals surface area contributed by atoms with Crippen molar-refractivity contribution in [3.63, 3.8) is 0 Å². The van der Waals surface area contributed by atoms with Crippen molar-refractivity contribution in [2.45, 2.75) is 6.61 Å². The zero-order valence-electron chi connectivity index (χ0n) is 14.3. The number of nitrogens with zero attached hydrogens (tertiary/aromatic N) is 1. The summed E-state index contributed by atoms with van der Waals surface area (Å²) in [5, 5.41) is 9.82. The van der Waals surface area contributed by atoms with E-state index in [1.165, 1.54) is 0 Å². The summed E-state index contributed by atoms with van der Waals surface area (Å²) < 4.78 is 8.72. The maximum absolute atomic E-state index is 12.0. The molecule has 0 atom stereocenters. The van der Waals surface area contributed by atoms with E-state index < -0.39 is 5.97 Å². The number of benzene rings is 2. The number of carboxylic acid groups (broad SMARTS) is 1. The van der Waals surface area contributed by atoms with Gasteiger partial charge in [-0.15, -0.1) is 0 Å². The fourth-order valence-electron chi connectivity index (χ4n) is 3.12. The molecule has 2 aromatic heterocycles. The average molecular weight is 422 g/mol. The van der Waals surface area contributed by atoms with Crippen molar-refractivity contribution in [3.8, 4) is 16.9 Å². The first-order valence-corrected chi connectivity index (χ1v) is 9.22. The summed E-state index contributed by atoms with van der Waals surface area (Å²) >= 11 is 3.49. The van der Waals surface area contributed by atoms with Crippen LogP contribution in [0.15, 0.2) is 83.6 Å². The van der Waals surface area contributed by atoms with Gasteiger partial charge in [0.25, 0.3) is 0 Å². The molecular formula is C22H16BrNO3. The Labute approximate surface area is 164 Å². The predicted octanol–water partition coefficient (Wildman–Crippen LogP) is 5.65. The molecule has 4 nitrogen and oxygen atoms in total. The molecule has 27 heavy (non-hydrogen) atoms. The number of hydrogen-bond acceptors (Lipinski definition) is 2. The molecule has 134 valence electrons. The van der Waals surface area contributed by atoms with Crippen LogP contribution >= 0.6 is 15.9 Å². The summed E-state index contributed by atoms with van der Waals surface area (Å²) in [5.41, 5.74) is 3.32. The first-order valence-electron chi connectivity index (χ1n) is 8.43. The summed E-state index contributed by atoms with van der Waals surface area (Å²) in [6.45, 7) is 0.408. The minimum Gasteiger partial charge on any atom is -0.488 e. The lowest BCUT2D eigenvalue weighted by molar-refractivity contribution is 0.0700. The van der Waals surface area contributed by atoms with E-state index in [0.717, 1.165) is 15.6 Å². The van der Waals surface area contributed by atoms with Crippen LogP contribution in [0.2, 0.25) is 0 Å². The van der Waals surface area contributed by atoms with E-state index in [2.05, 4.69) is 15.9 Å². The first-order chi connectivity index (χ1) is 13.1. The molecule has 4 aromatic rings. The lowest BCUT2D eigenvalue weighted by Crippen LogP contribution is -2.00. The third-order valence-corrected chi connectivity index (χ3v) is 4.86. The maximum Gasteiger partial charge on any atom is 0.338 e. The molecule has 0 spiro atoms. The topological polar surface area (TPSA) is 50.9 Å². The number of halogens is 1. The number of fused-ring (bicyclic) bond motifs is 1. The van der Waals surface area contributed by atoms with Crippen LogP contribution in [0.25, 0.3) is 16.6 Å². The lowest BCUT2D eigenvalue weighted by atomic mass is 10.0. The molecule has 0 amide bonds. The molecule has 0 aliphatic rings. The monoisotopic (exact) mass is 421 g/mol. The molecule has 0 radical (unpaired) electrons. The zero-order chi connectivity index (χ0) is 18.8. The first kappa shape index (κ1) is 17.4. The van der Waals surface area contributed by atoms with Gasteiger partial charge in [0.1, 0.15) is 12.4 Å². The van der Waals surface area contributed by atoms with Crippen molar-refractivity contribution in [1.82, 2.24) is 4.40 Å². The predicted molar refractivity (Wildman–Crippen MR) is 108 cm³/mol. The average Bonchev–Trinajstić information content (AvgIpc) is 3.07. The van der Waals surface area contributed by atoms with Gasteiger partial charge in [-0.05, 0) is 35.9 Å². The van der Waals surface area contributed by atoms with Crippen LogP contribution in [0, 0.1) is 0 Å². The normalized spacial score (nSPS) is 10.9. The van der Waals surface area contributed by atoms with Gasteiger partial charge in [-0.25, -0.2) is 4.79 Å². The van der Waals surface area contributed by atoms with Gasteiger partial charge >= 0.3 is 5.97 Å². The summed E-state index contributed by atoms with van der Waals surface area (Å²) in [7, 11) is 0. The quantitative estimate of drug-likeness (QED) is 0.453. The Kier molecular flexibility index (Phi) is 4.69. The van der Waals surface area contributed by atoms with Crippen molar-refractivity contribution < 1.29 is 14.6 Å². The Morgan fingerprint density at radius 1 is 1.00 bits per heavy atom. The van der Waals surface area contributed by atoms with Crippen molar-refractivity contribution in [2.24, 2.45) is 0 Å². The molecule has 0 fully saturated rings. The van der Waals surface area contributed by atoms with Gasteiger partial charge in [-0.1, -0.05) is 52.3 Å². The highest BCUT2D eigenvalue weighted by Crippen LogP contribution is 2.37. The molecule has 4 rings (SSSR count). The zero-order valence-corrected chi connectivity index (χ0v) is 15.9. The Hall–Kier alpha value is -3.05. The molecule has 5 heteroatoms. The Balaban J connectivity index is 1.82. The van der Waals surface area contributed by atoms with E-state index in [-0.39, 0.29) is 5.56 Å². The van der Waals surface area contributed by atoms with Crippen LogP contribution in [0.1, 0.15) is 15.9 Å². The molecular weight excluding hydrogens is 406 g/mol. The van der Waals surface area contributed by atoms with Crippen LogP contribution in [-0.4, -0.2) is 15.5 Å². The molecule has 0 unspecified atom stereocenters. The summed E-state index contributed by atoms with van der Waals surface area (Å²) in [6.07, 6.45) is 3.67. The summed E-state index contributed by atoms with van der Waals surface area (Å²) in [4.78, 5) is 12.0. The molecule has 2 heterocycles. The smallest absolute Gasteiger partial charge is 0.338 e. The van der Waals surface area contributed by atoms with E-state index in [1.54, 1.807) is 6.07 Å². The highest BCUT2D eigenvalue weighted by Gasteiger charge is 2.21. The number of carboxylic acids is 1. The van der Waals surface area contributed by atoms with Crippen molar-refractivity contribution >= 4 is 27.4 Å². The Bertz CT molecular complexity index is 1120. The largest absolute Gasteiger partial charge is 0.488 e. The Morgan fingerprint density at radius 2 is 1.78 bits per heavy atom. The standard InChI is InChI=1S/C22H16BrNO3/c23-16-9-10-20(27-14-15-6-2-1-3-7-15)17(12-16)18-13-24-11-5-4-8-19(24)21(18)22(25)26/h1-13H,14H2,(H,25,26). The van der Waals surface area contributed by atoms with Crippen molar-refractivity contribution in [3.05, 3.63) is 94.7 Å². The molecule has 0 saturated carbocycles. The molecule has 1 N–H and O–H groups in total. The highest BCUT2D eigenvalue weighted by molar-refractivity contribution is 9.10. The van der Waals surface area contributed by atoms with Crippen molar-refractivity contribution in [1.29, 1.82) is 0 Å². The van der Waals surface area contributed by atoms with E-state index in [0.29, 0.717) is 23.4 Å². The summed E-state index contributed by atoms with van der Waals surface area (Å²) in [6, 6.07) is 21.0. The minimum absolute atomic E-state index is 0.262. The molecule has 0 bridgehead atoms. The SMILES string of the molecule is O=C(O)c1c(-c2cc(Br)ccc2OCc2ccccc2)cn2ccccc12. The number of carbonyl (C=O) groups is 1. The minimum atomic E-state index is -0.965. The van der Waals surface area contributed by atoms with Crippen LogP contribution in [-0.2, 0) is 6.61 Å². The second-order valence-electron chi connectivity index (χ2n) is 6.13. The molecule has 0 saturated heterocycles. The van der Waals surface area contributed by atoms with E-state index in [9.17, 15) is 9.90 Å². The van der Waals surface area contributed by atoms with Gasteiger partial charge in [0.05, 0.1) is 11.1 Å². The van der Waals surface area contributed by atoms with Gasteiger partial charge in [0, 0.05) is 28.0 Å². The molecule has 2 aromatic carbocycles. The third-order valence-electron chi connectivity index (χ3n) is 4.37. The highest BCUT2D eigenvalue weighted by atomic mass is 79.9. The fraction of sp³-hybridized carbons (Fsp3) is 0.0455. The number of pyridine rings is 1. The number of hydrogen-bond donors (Lipinski definition) is 1. The fourth-order valence-corrected chi connectivity index (χ4v) is 3.49. The van der Waals surface area contributed by atoms with Crippen LogP contribution in [0.4, 0.5) is 0 Å². The second kappa shape index (κ2) is 7.29. The van der Waals surface area contributed by atoms with Gasteiger partial charge in [0.15, 0.2) is 0 Å². The number of ether oxygens (including phenoxy) is 1. The van der Waals surface area contributed by atoms with Gasteiger partial charge in [-0.2, -0.15) is 0 Å². The molecule has 0 aliphatic heterocycles. The van der Waals surface area contributed by atoms with Crippen LogP contribution in [0.3, 0.4) is 0 Å². The van der Waals surface area contributed by atoms with E-state index >= 15 is 0 Å². The van der Waals surface area contributed by atoms with E-state index in [4.69, 9.17) is 4.74 Å². The number of aromatic carboxylic acids is 1. The number of aromatic nitrogens is 1. The third kappa shape index (κ3) is 3.46. The van der Waals surface area contributed by atoms with Crippen LogP contribution < -0.4 is 4.74 Å². The summed E-state index contributed by atoms with van der Waals surface area (Å²) in [5.74, 6) is -0.326. The van der Waals surface area contributed by atoms with E-state index in [1.807, 2.05) is 77.5 Å². The van der Waals surface area contributed by atoms with Gasteiger partial charge in [0.2, 0.25) is 0 Å². The molecule has 0 aliphatic carbocycles. The van der Waals surface area contributed by atoms with Crippen LogP contribution in [0.5, 0.6) is 5.75 Å². The maximum atomic E-state index is 12.0. The Morgan fingerprint density at radius 3 is 2.56 bits per heavy atom. The second-order valence-corrected chi connectivity index (χ2v) is 7.05. The number of rotatable bonds is 5. The van der Waals surface area contributed by atoms with Crippen molar-refractivity contribution in [2.75, 3.05) is 0 Å².